The third-order valence-corrected chi connectivity index (χ3v) is 5.20. The predicted molar refractivity (Wildman–Crippen MR) is 76.8 cm³/mol. The van der Waals surface area contributed by atoms with E-state index in [2.05, 4.69) is 24.1 Å². The summed E-state index contributed by atoms with van der Waals surface area (Å²) in [7, 11) is 0. The second-order valence-electron chi connectivity index (χ2n) is 7.69. The maximum atomic E-state index is 3.84. The van der Waals surface area contributed by atoms with Gasteiger partial charge in [-0.3, -0.25) is 4.90 Å². The Morgan fingerprint density at radius 2 is 1.83 bits per heavy atom. The summed E-state index contributed by atoms with van der Waals surface area (Å²) in [5.41, 5.74) is 0.583. The van der Waals surface area contributed by atoms with E-state index >= 15 is 0 Å². The Kier molecular flexibility index (Phi) is 3.68. The highest BCUT2D eigenvalue weighted by molar-refractivity contribution is 4.92. The molecule has 2 aliphatic carbocycles. The molecule has 1 N–H and O–H groups in total. The molecule has 104 valence electrons. The van der Waals surface area contributed by atoms with Crippen LogP contribution in [0.3, 0.4) is 0 Å². The molecule has 3 rings (SSSR count). The number of likely N-dealkylation sites (tertiary alicyclic amines) is 1. The molecule has 2 saturated carbocycles. The van der Waals surface area contributed by atoms with Crippen molar-refractivity contribution < 1.29 is 0 Å². The molecule has 2 nitrogen and oxygen atoms in total. The zero-order valence-electron chi connectivity index (χ0n) is 12.3. The minimum absolute atomic E-state index is 0.583. The first-order chi connectivity index (χ1) is 8.62. The number of nitrogens with one attached hydrogen (secondary N) is 1. The lowest BCUT2D eigenvalue weighted by Crippen LogP contribution is -2.51. The van der Waals surface area contributed by atoms with Gasteiger partial charge in [-0.05, 0) is 56.9 Å². The summed E-state index contributed by atoms with van der Waals surface area (Å²) in [6.07, 6.45) is 11.4. The number of rotatable bonds is 3. The molecule has 0 bridgehead atoms. The minimum Gasteiger partial charge on any atom is -0.310 e. The second kappa shape index (κ2) is 5.13. The minimum atomic E-state index is 0.583. The lowest BCUT2D eigenvalue weighted by Gasteiger charge is -2.44. The molecule has 2 heteroatoms. The Morgan fingerprint density at radius 3 is 2.56 bits per heavy atom. The Morgan fingerprint density at radius 1 is 1.00 bits per heavy atom. The van der Waals surface area contributed by atoms with E-state index < -0.39 is 0 Å². The van der Waals surface area contributed by atoms with Gasteiger partial charge in [-0.25, -0.2) is 0 Å². The lowest BCUT2D eigenvalue weighted by atomic mass is 9.74. The van der Waals surface area contributed by atoms with Crippen molar-refractivity contribution >= 4 is 0 Å². The van der Waals surface area contributed by atoms with Gasteiger partial charge < -0.3 is 5.32 Å². The number of piperidine rings is 1. The molecular formula is C16H30N2. The van der Waals surface area contributed by atoms with Crippen LogP contribution < -0.4 is 5.32 Å². The van der Waals surface area contributed by atoms with Crippen LogP contribution in [-0.4, -0.2) is 36.1 Å². The molecule has 0 radical (unpaired) electrons. The lowest BCUT2D eigenvalue weighted by molar-refractivity contribution is 0.0671. The van der Waals surface area contributed by atoms with Gasteiger partial charge in [0, 0.05) is 24.7 Å². The Labute approximate surface area is 113 Å². The molecule has 1 saturated heterocycles. The molecule has 0 aromatic rings. The molecule has 1 aliphatic heterocycles. The van der Waals surface area contributed by atoms with Crippen molar-refractivity contribution in [3.63, 3.8) is 0 Å². The smallest absolute Gasteiger partial charge is 0.0198 e. The Hall–Kier alpha value is -0.0800. The van der Waals surface area contributed by atoms with Crippen molar-refractivity contribution in [3.05, 3.63) is 0 Å². The molecule has 0 amide bonds. The van der Waals surface area contributed by atoms with Gasteiger partial charge in [0.05, 0.1) is 0 Å². The predicted octanol–water partition coefficient (Wildman–Crippen LogP) is 3.17. The van der Waals surface area contributed by atoms with Crippen LogP contribution in [0.1, 0.15) is 65.2 Å². The summed E-state index contributed by atoms with van der Waals surface area (Å²) in [5.74, 6) is 0. The number of hydrogen-bond acceptors (Lipinski definition) is 2. The van der Waals surface area contributed by atoms with Gasteiger partial charge in [-0.1, -0.05) is 20.3 Å². The average Bonchev–Trinajstić information content (AvgIpc) is 3.12. The highest BCUT2D eigenvalue weighted by Gasteiger charge is 2.34. The number of nitrogens with zero attached hydrogens (tertiary/aromatic N) is 1. The van der Waals surface area contributed by atoms with Gasteiger partial charge in [-0.2, -0.15) is 0 Å². The third-order valence-electron chi connectivity index (χ3n) is 5.20. The molecule has 0 spiro atoms. The van der Waals surface area contributed by atoms with Gasteiger partial charge in [0.1, 0.15) is 0 Å². The van der Waals surface area contributed by atoms with Gasteiger partial charge in [0.15, 0.2) is 0 Å². The van der Waals surface area contributed by atoms with Gasteiger partial charge in [0.2, 0.25) is 0 Å². The van der Waals surface area contributed by atoms with E-state index in [4.69, 9.17) is 0 Å². The van der Waals surface area contributed by atoms with Crippen molar-refractivity contribution in [3.8, 4) is 0 Å². The molecule has 0 aromatic heterocycles. The summed E-state index contributed by atoms with van der Waals surface area (Å²) < 4.78 is 0. The van der Waals surface area contributed by atoms with E-state index in [1.807, 2.05) is 0 Å². The quantitative estimate of drug-likeness (QED) is 0.827. The van der Waals surface area contributed by atoms with Crippen LogP contribution >= 0.6 is 0 Å². The Balaban J connectivity index is 1.54. The van der Waals surface area contributed by atoms with Crippen LogP contribution in [0.4, 0.5) is 0 Å². The SMILES string of the molecule is CC1(C)CCCC(N2CCCC(NC3CC3)C2)C1. The Bertz CT molecular complexity index is 283. The van der Waals surface area contributed by atoms with E-state index in [0.717, 1.165) is 18.1 Å². The highest BCUT2D eigenvalue weighted by Crippen LogP contribution is 2.38. The van der Waals surface area contributed by atoms with Crippen molar-refractivity contribution in [1.29, 1.82) is 0 Å². The van der Waals surface area contributed by atoms with E-state index in [1.54, 1.807) is 0 Å². The average molecular weight is 250 g/mol. The zero-order valence-corrected chi connectivity index (χ0v) is 12.3. The van der Waals surface area contributed by atoms with Crippen LogP contribution in [0, 0.1) is 5.41 Å². The number of hydrogen-bond donors (Lipinski definition) is 1. The molecule has 0 aromatic carbocycles. The van der Waals surface area contributed by atoms with Crippen LogP contribution in [0.25, 0.3) is 0 Å². The first-order valence-corrected chi connectivity index (χ1v) is 8.12. The zero-order chi connectivity index (χ0) is 12.6. The normalized spacial score (nSPS) is 37.7. The molecule has 18 heavy (non-hydrogen) atoms. The largest absolute Gasteiger partial charge is 0.310 e. The maximum Gasteiger partial charge on any atom is 0.0198 e. The standard InChI is InChI=1S/C16H30N2/c1-16(2)9-3-6-15(11-16)18-10-4-5-14(12-18)17-13-7-8-13/h13-15,17H,3-12H2,1-2H3. The van der Waals surface area contributed by atoms with Crippen LogP contribution in [0.15, 0.2) is 0 Å². The topological polar surface area (TPSA) is 15.3 Å². The monoisotopic (exact) mass is 250 g/mol. The first-order valence-electron chi connectivity index (χ1n) is 8.12. The van der Waals surface area contributed by atoms with Crippen molar-refractivity contribution in [2.45, 2.75) is 83.3 Å². The fourth-order valence-electron chi connectivity index (χ4n) is 4.03. The third kappa shape index (κ3) is 3.27. The summed E-state index contributed by atoms with van der Waals surface area (Å²) in [5, 5.41) is 3.84. The van der Waals surface area contributed by atoms with Gasteiger partial charge in [-0.15, -0.1) is 0 Å². The van der Waals surface area contributed by atoms with E-state index in [1.165, 1.54) is 64.5 Å². The van der Waals surface area contributed by atoms with E-state index in [9.17, 15) is 0 Å². The summed E-state index contributed by atoms with van der Waals surface area (Å²) in [6, 6.07) is 2.53. The van der Waals surface area contributed by atoms with Crippen LogP contribution in [0.5, 0.6) is 0 Å². The summed E-state index contributed by atoms with van der Waals surface area (Å²) >= 11 is 0. The fraction of sp³-hybridized carbons (Fsp3) is 1.00. The van der Waals surface area contributed by atoms with Gasteiger partial charge in [0.25, 0.3) is 0 Å². The molecule has 2 unspecified atom stereocenters. The summed E-state index contributed by atoms with van der Waals surface area (Å²) in [6.45, 7) is 7.59. The molecule has 3 aliphatic rings. The highest BCUT2D eigenvalue weighted by atomic mass is 15.2. The molecule has 1 heterocycles. The van der Waals surface area contributed by atoms with Crippen LogP contribution in [-0.2, 0) is 0 Å². The molecule has 2 atom stereocenters. The van der Waals surface area contributed by atoms with Crippen molar-refractivity contribution in [1.82, 2.24) is 10.2 Å². The maximum absolute atomic E-state index is 3.84. The van der Waals surface area contributed by atoms with Crippen LogP contribution in [0.2, 0.25) is 0 Å². The van der Waals surface area contributed by atoms with E-state index in [0.29, 0.717) is 5.41 Å². The fourth-order valence-corrected chi connectivity index (χ4v) is 4.03. The van der Waals surface area contributed by atoms with Crippen molar-refractivity contribution in [2.24, 2.45) is 5.41 Å². The molecular weight excluding hydrogens is 220 g/mol. The van der Waals surface area contributed by atoms with Gasteiger partial charge >= 0.3 is 0 Å². The first kappa shape index (κ1) is 12.9. The summed E-state index contributed by atoms with van der Waals surface area (Å²) in [4.78, 5) is 2.81. The van der Waals surface area contributed by atoms with E-state index in [-0.39, 0.29) is 0 Å². The molecule has 3 fully saturated rings. The van der Waals surface area contributed by atoms with Crippen molar-refractivity contribution in [2.75, 3.05) is 13.1 Å². The second-order valence-corrected chi connectivity index (χ2v) is 7.69.